The molecule has 1 heterocycles. The lowest BCUT2D eigenvalue weighted by Gasteiger charge is -2.01. The molecule has 0 fully saturated rings. The van der Waals surface area contributed by atoms with E-state index < -0.39 is 10.0 Å². The monoisotopic (exact) mass is 297 g/mol. The molecule has 2 rings (SSSR count). The maximum atomic E-state index is 12.2. The average Bonchev–Trinajstić information content (AvgIpc) is 2.77. The molecule has 1 aromatic carbocycles. The summed E-state index contributed by atoms with van der Waals surface area (Å²) in [5.74, 6) is 0. The zero-order valence-corrected chi connectivity index (χ0v) is 12.1. The molecule has 0 saturated carbocycles. The summed E-state index contributed by atoms with van der Waals surface area (Å²) in [5, 5.41) is 1.83. The van der Waals surface area contributed by atoms with Crippen LogP contribution < -0.4 is 10.5 Å². The fraction of sp³-hybridized carbons (Fsp3) is 0.250. The molecule has 0 spiro atoms. The smallest absolute Gasteiger partial charge is 0.285 e. The van der Waals surface area contributed by atoms with Gasteiger partial charge in [-0.05, 0) is 30.7 Å². The highest BCUT2D eigenvalue weighted by Gasteiger charge is 2.12. The largest absolute Gasteiger partial charge is 0.399 e. The predicted molar refractivity (Wildman–Crippen MR) is 76.2 cm³/mol. The molecular weight excluding hydrogens is 282 g/mol. The Kier molecular flexibility index (Phi) is 4.06. The minimum atomic E-state index is -3.68. The average molecular weight is 297 g/mol. The van der Waals surface area contributed by atoms with E-state index in [1.54, 1.807) is 12.1 Å². The third kappa shape index (κ3) is 3.24. The van der Waals surface area contributed by atoms with Crippen molar-refractivity contribution in [2.75, 3.05) is 5.73 Å². The molecule has 0 aliphatic rings. The van der Waals surface area contributed by atoms with Gasteiger partial charge >= 0.3 is 0 Å². The van der Waals surface area contributed by atoms with Crippen molar-refractivity contribution in [2.24, 2.45) is 4.40 Å². The fourth-order valence-electron chi connectivity index (χ4n) is 1.58. The molecule has 0 bridgehead atoms. The molecule has 19 heavy (non-hydrogen) atoms. The van der Waals surface area contributed by atoms with E-state index in [1.807, 2.05) is 23.1 Å². The summed E-state index contributed by atoms with van der Waals surface area (Å²) in [4.78, 5) is 0.636. The number of aryl methyl sites for hydroxylation is 1. The predicted octanol–water partition coefficient (Wildman–Crippen LogP) is 1.83. The third-order valence-corrected chi connectivity index (χ3v) is 4.69. The standard InChI is InChI=1S/C12H15N3O2S2/c1-2-7-15-8-9-18-12(15)14-19(16,17)11-5-3-10(13)4-6-11/h3-6,8-9H,2,7,13H2,1H3/b14-12-. The van der Waals surface area contributed by atoms with Crippen LogP contribution in [0.4, 0.5) is 5.69 Å². The van der Waals surface area contributed by atoms with Gasteiger partial charge in [0.2, 0.25) is 4.80 Å². The van der Waals surface area contributed by atoms with Gasteiger partial charge in [0.15, 0.2) is 0 Å². The van der Waals surface area contributed by atoms with Gasteiger partial charge < -0.3 is 10.3 Å². The first kappa shape index (κ1) is 13.8. The van der Waals surface area contributed by atoms with Gasteiger partial charge in [0.1, 0.15) is 0 Å². The van der Waals surface area contributed by atoms with Gasteiger partial charge in [0, 0.05) is 23.8 Å². The van der Waals surface area contributed by atoms with Crippen LogP contribution in [0, 0.1) is 0 Å². The Hall–Kier alpha value is -1.60. The van der Waals surface area contributed by atoms with E-state index >= 15 is 0 Å². The highest BCUT2D eigenvalue weighted by Crippen LogP contribution is 2.13. The van der Waals surface area contributed by atoms with Gasteiger partial charge in [0.05, 0.1) is 4.90 Å². The van der Waals surface area contributed by atoms with Crippen molar-refractivity contribution in [3.63, 3.8) is 0 Å². The molecule has 0 radical (unpaired) electrons. The Morgan fingerprint density at radius 1 is 1.32 bits per heavy atom. The van der Waals surface area contributed by atoms with E-state index in [0.717, 1.165) is 13.0 Å². The van der Waals surface area contributed by atoms with Gasteiger partial charge in [-0.1, -0.05) is 6.92 Å². The molecule has 0 aliphatic heterocycles. The van der Waals surface area contributed by atoms with Crippen LogP contribution in [0.3, 0.4) is 0 Å². The van der Waals surface area contributed by atoms with Crippen LogP contribution in [0.15, 0.2) is 45.1 Å². The van der Waals surface area contributed by atoms with Crippen LogP contribution in [-0.2, 0) is 16.6 Å². The summed E-state index contributed by atoms with van der Waals surface area (Å²) in [5.41, 5.74) is 6.07. The van der Waals surface area contributed by atoms with Crippen molar-refractivity contribution in [3.05, 3.63) is 40.6 Å². The fourth-order valence-corrected chi connectivity index (χ4v) is 3.56. The number of sulfonamides is 1. The number of aromatic nitrogens is 1. The molecule has 1 aromatic heterocycles. The van der Waals surface area contributed by atoms with Crippen molar-refractivity contribution >= 4 is 27.0 Å². The van der Waals surface area contributed by atoms with Gasteiger partial charge in [0.25, 0.3) is 10.0 Å². The molecule has 102 valence electrons. The van der Waals surface area contributed by atoms with Crippen molar-refractivity contribution in [3.8, 4) is 0 Å². The van der Waals surface area contributed by atoms with E-state index in [-0.39, 0.29) is 4.90 Å². The molecule has 7 heteroatoms. The maximum absolute atomic E-state index is 12.2. The first-order valence-electron chi connectivity index (χ1n) is 5.83. The Balaban J connectivity index is 2.45. The van der Waals surface area contributed by atoms with E-state index in [9.17, 15) is 8.42 Å². The summed E-state index contributed by atoms with van der Waals surface area (Å²) in [6.45, 7) is 2.78. The van der Waals surface area contributed by atoms with Gasteiger partial charge in [-0.2, -0.15) is 8.42 Å². The highest BCUT2D eigenvalue weighted by atomic mass is 32.2. The number of rotatable bonds is 4. The molecule has 0 aliphatic carbocycles. The van der Waals surface area contributed by atoms with Crippen LogP contribution >= 0.6 is 11.3 Å². The number of hydrogen-bond acceptors (Lipinski definition) is 4. The second-order valence-corrected chi connectivity index (χ2v) is 6.49. The SMILES string of the molecule is CCCn1ccs/c1=N\S(=O)(=O)c1ccc(N)cc1. The lowest BCUT2D eigenvalue weighted by molar-refractivity contribution is 0.594. The Morgan fingerprint density at radius 3 is 2.63 bits per heavy atom. The molecule has 0 atom stereocenters. The van der Waals surface area contributed by atoms with Gasteiger partial charge in [-0.15, -0.1) is 15.7 Å². The van der Waals surface area contributed by atoms with Crippen LogP contribution in [0.1, 0.15) is 13.3 Å². The highest BCUT2D eigenvalue weighted by molar-refractivity contribution is 7.90. The van der Waals surface area contributed by atoms with E-state index in [2.05, 4.69) is 4.40 Å². The lowest BCUT2D eigenvalue weighted by atomic mass is 10.3. The normalized spacial score (nSPS) is 12.8. The van der Waals surface area contributed by atoms with Crippen LogP contribution in [-0.4, -0.2) is 13.0 Å². The minimum Gasteiger partial charge on any atom is -0.399 e. The van der Waals surface area contributed by atoms with Crippen molar-refractivity contribution in [1.29, 1.82) is 0 Å². The molecule has 0 amide bonds. The lowest BCUT2D eigenvalue weighted by Crippen LogP contribution is -2.16. The topological polar surface area (TPSA) is 77.5 Å². The Bertz CT molecular complexity index is 712. The number of nitrogen functional groups attached to an aromatic ring is 1. The molecule has 5 nitrogen and oxygen atoms in total. The summed E-state index contributed by atoms with van der Waals surface area (Å²) < 4.78 is 30.0. The number of hydrogen-bond donors (Lipinski definition) is 1. The molecule has 2 N–H and O–H groups in total. The van der Waals surface area contributed by atoms with Crippen molar-refractivity contribution in [1.82, 2.24) is 4.57 Å². The second kappa shape index (κ2) is 5.58. The van der Waals surface area contributed by atoms with E-state index in [1.165, 1.54) is 23.5 Å². The second-order valence-electron chi connectivity index (χ2n) is 4.01. The maximum Gasteiger partial charge on any atom is 0.285 e. The zero-order chi connectivity index (χ0) is 13.9. The number of nitrogens with two attached hydrogens (primary N) is 1. The van der Waals surface area contributed by atoms with Crippen molar-refractivity contribution in [2.45, 2.75) is 24.8 Å². The first-order chi connectivity index (χ1) is 9.03. The van der Waals surface area contributed by atoms with Crippen LogP contribution in [0.5, 0.6) is 0 Å². The number of benzene rings is 1. The molecule has 2 aromatic rings. The summed E-state index contributed by atoms with van der Waals surface area (Å²) >= 11 is 1.31. The molecular formula is C12H15N3O2S2. The molecule has 0 saturated heterocycles. The quantitative estimate of drug-likeness (QED) is 0.875. The Labute approximate surface area is 116 Å². The van der Waals surface area contributed by atoms with Gasteiger partial charge in [-0.3, -0.25) is 0 Å². The number of anilines is 1. The summed E-state index contributed by atoms with van der Waals surface area (Å²) in [7, 11) is -3.68. The summed E-state index contributed by atoms with van der Waals surface area (Å²) in [6, 6.07) is 6.03. The zero-order valence-electron chi connectivity index (χ0n) is 10.5. The Morgan fingerprint density at radius 2 is 2.00 bits per heavy atom. The molecule has 0 unspecified atom stereocenters. The minimum absolute atomic E-state index is 0.151. The summed E-state index contributed by atoms with van der Waals surface area (Å²) in [6.07, 6.45) is 2.76. The number of thiazole rings is 1. The first-order valence-corrected chi connectivity index (χ1v) is 8.15. The number of nitrogens with zero attached hydrogens (tertiary/aromatic N) is 2. The van der Waals surface area contributed by atoms with Crippen LogP contribution in [0.2, 0.25) is 0 Å². The van der Waals surface area contributed by atoms with Crippen molar-refractivity contribution < 1.29 is 8.42 Å². The van der Waals surface area contributed by atoms with E-state index in [0.29, 0.717) is 10.5 Å². The van der Waals surface area contributed by atoms with Crippen LogP contribution in [0.25, 0.3) is 0 Å². The van der Waals surface area contributed by atoms with Gasteiger partial charge in [-0.25, -0.2) is 0 Å². The third-order valence-electron chi connectivity index (χ3n) is 2.50. The van der Waals surface area contributed by atoms with E-state index in [4.69, 9.17) is 5.73 Å².